The van der Waals surface area contributed by atoms with E-state index in [9.17, 15) is 9.59 Å². The molecule has 1 saturated heterocycles. The molecule has 166 valence electrons. The molecule has 1 fully saturated rings. The Balaban J connectivity index is 1.47. The van der Waals surface area contributed by atoms with E-state index in [0.29, 0.717) is 25.4 Å². The number of aryl methyl sites for hydroxylation is 1. The van der Waals surface area contributed by atoms with Gasteiger partial charge < -0.3 is 14.6 Å². The number of hydrogen-bond donors (Lipinski definition) is 1. The summed E-state index contributed by atoms with van der Waals surface area (Å²) in [4.78, 5) is 26.9. The zero-order valence-electron chi connectivity index (χ0n) is 17.1. The molecule has 31 heavy (non-hydrogen) atoms. The van der Waals surface area contributed by atoms with Crippen molar-refractivity contribution in [3.05, 3.63) is 64.1 Å². The smallest absolute Gasteiger partial charge is 0.259 e. The molecule has 3 heterocycles. The first-order chi connectivity index (χ1) is 14.7. The number of carbonyl (C=O) groups excluding carboxylic acids is 1. The molecule has 1 N–H and O–H groups in total. The maximum Gasteiger partial charge on any atom is 0.259 e. The summed E-state index contributed by atoms with van der Waals surface area (Å²) in [5.41, 5.74) is 1.94. The second-order valence-electron chi connectivity index (χ2n) is 8.22. The van der Waals surface area contributed by atoms with Crippen molar-refractivity contribution in [3.8, 4) is 5.75 Å². The molecule has 1 aromatic heterocycles. The molecule has 0 saturated carbocycles. The van der Waals surface area contributed by atoms with Gasteiger partial charge in [0.15, 0.2) is 6.61 Å². The second-order valence-corrected chi connectivity index (χ2v) is 10.6. The molecule has 9 heteroatoms. The Kier molecular flexibility index (Phi) is 6.54. The van der Waals surface area contributed by atoms with Gasteiger partial charge in [0.2, 0.25) is 3.79 Å². The van der Waals surface area contributed by atoms with E-state index >= 15 is 0 Å². The molecule has 3 atom stereocenters. The Hall–Kier alpha value is -1.73. The number of carbonyl (C=O) groups is 1. The third-order valence-electron chi connectivity index (χ3n) is 5.93. The number of para-hydroxylation sites is 1. The van der Waals surface area contributed by atoms with E-state index in [0.717, 1.165) is 17.7 Å². The number of nitrogens with zero attached hydrogens (tertiary/aromatic N) is 2. The fourth-order valence-corrected chi connectivity index (χ4v) is 5.16. The van der Waals surface area contributed by atoms with Crippen LogP contribution in [0.15, 0.2) is 47.3 Å². The number of ether oxygens (including phenoxy) is 1. The van der Waals surface area contributed by atoms with Gasteiger partial charge in [-0.05, 0) is 37.0 Å². The van der Waals surface area contributed by atoms with Crippen LogP contribution < -0.4 is 15.6 Å². The Morgan fingerprint density at radius 3 is 2.68 bits per heavy atom. The highest BCUT2D eigenvalue weighted by atomic mass is 35.6. The molecule has 0 aliphatic carbocycles. The molecular formula is C22H24Cl3N3O3. The van der Waals surface area contributed by atoms with E-state index < -0.39 is 9.96 Å². The number of amides is 1. The van der Waals surface area contributed by atoms with Crippen LogP contribution in [0.3, 0.4) is 0 Å². The number of nitrogens with one attached hydrogen (secondary N) is 1. The zero-order valence-corrected chi connectivity index (χ0v) is 19.3. The van der Waals surface area contributed by atoms with Crippen molar-refractivity contribution in [1.29, 1.82) is 0 Å². The normalized spacial score (nSPS) is 21.8. The van der Waals surface area contributed by atoms with Crippen LogP contribution in [0.1, 0.15) is 23.6 Å². The fourth-order valence-electron chi connectivity index (χ4n) is 4.58. The summed E-state index contributed by atoms with van der Waals surface area (Å²) in [7, 11) is 0. The topological polar surface area (TPSA) is 63.6 Å². The molecule has 2 bridgehead atoms. The van der Waals surface area contributed by atoms with Crippen LogP contribution in [0.2, 0.25) is 0 Å². The number of aromatic nitrogens is 1. The third-order valence-corrected chi connectivity index (χ3v) is 6.55. The molecular weight excluding hydrogens is 461 g/mol. The number of hydrogen-bond acceptors (Lipinski definition) is 4. The lowest BCUT2D eigenvalue weighted by molar-refractivity contribution is -0.125. The number of benzene rings is 1. The van der Waals surface area contributed by atoms with Gasteiger partial charge in [0, 0.05) is 37.3 Å². The summed E-state index contributed by atoms with van der Waals surface area (Å²) in [6.07, 6.45) is 0.161. The van der Waals surface area contributed by atoms with E-state index in [1.165, 1.54) is 0 Å². The van der Waals surface area contributed by atoms with Gasteiger partial charge in [0.25, 0.3) is 11.5 Å². The van der Waals surface area contributed by atoms with Gasteiger partial charge in [0.1, 0.15) is 11.9 Å². The molecule has 1 amide bonds. The number of rotatable bonds is 5. The maximum atomic E-state index is 12.6. The average molecular weight is 485 g/mol. The first-order valence-corrected chi connectivity index (χ1v) is 11.3. The summed E-state index contributed by atoms with van der Waals surface area (Å²) in [6.45, 7) is 3.55. The predicted molar refractivity (Wildman–Crippen MR) is 122 cm³/mol. The summed E-state index contributed by atoms with van der Waals surface area (Å²) >= 11 is 18.8. The van der Waals surface area contributed by atoms with Crippen molar-refractivity contribution in [2.45, 2.75) is 35.8 Å². The van der Waals surface area contributed by atoms with Crippen LogP contribution in [0.5, 0.6) is 5.75 Å². The molecule has 6 nitrogen and oxygen atoms in total. The standard InChI is InChI=1S/C22H24Cl3N3O3/c1-14-5-2-3-7-18(14)31-13-19(29)26-21(22(23,24)25)27-10-15-9-16(12-27)17-6-4-8-20(30)28(17)11-15/h2-8,15-16,21H,9-13H2,1H3,(H,26,29)/t15-,16?,21?/m0/s1. The van der Waals surface area contributed by atoms with Gasteiger partial charge in [0.05, 0.1) is 0 Å². The van der Waals surface area contributed by atoms with Crippen molar-refractivity contribution < 1.29 is 9.53 Å². The van der Waals surface area contributed by atoms with Crippen molar-refractivity contribution in [2.75, 3.05) is 19.7 Å². The number of alkyl halides is 3. The van der Waals surface area contributed by atoms with Crippen LogP contribution in [-0.2, 0) is 11.3 Å². The van der Waals surface area contributed by atoms with Gasteiger partial charge in [-0.1, -0.05) is 59.1 Å². The Labute approximate surface area is 196 Å². The van der Waals surface area contributed by atoms with Crippen molar-refractivity contribution in [3.63, 3.8) is 0 Å². The van der Waals surface area contributed by atoms with Crippen LogP contribution in [0.4, 0.5) is 0 Å². The molecule has 2 aliphatic heterocycles. The molecule has 2 aliphatic rings. The van der Waals surface area contributed by atoms with Crippen LogP contribution >= 0.6 is 34.8 Å². The third kappa shape index (κ3) is 5.03. The first-order valence-electron chi connectivity index (χ1n) is 10.2. The molecule has 4 rings (SSSR count). The number of fused-ring (bicyclic) bond motifs is 4. The zero-order chi connectivity index (χ0) is 22.2. The molecule has 2 aromatic rings. The number of piperidine rings is 1. The molecule has 0 radical (unpaired) electrons. The second kappa shape index (κ2) is 9.02. The lowest BCUT2D eigenvalue weighted by Crippen LogP contribution is -2.60. The number of halogens is 3. The largest absolute Gasteiger partial charge is 0.484 e. The van der Waals surface area contributed by atoms with Gasteiger partial charge >= 0.3 is 0 Å². The van der Waals surface area contributed by atoms with Crippen molar-refractivity contribution in [2.24, 2.45) is 5.92 Å². The van der Waals surface area contributed by atoms with Gasteiger partial charge in [-0.25, -0.2) is 0 Å². The number of likely N-dealkylation sites (tertiary alicyclic amines) is 1. The Morgan fingerprint density at radius 1 is 1.16 bits per heavy atom. The first kappa shape index (κ1) is 22.5. The highest BCUT2D eigenvalue weighted by molar-refractivity contribution is 6.68. The van der Waals surface area contributed by atoms with Gasteiger partial charge in [-0.2, -0.15) is 0 Å². The van der Waals surface area contributed by atoms with Crippen LogP contribution in [-0.4, -0.2) is 45.0 Å². The van der Waals surface area contributed by atoms with E-state index in [1.807, 2.05) is 40.7 Å². The fraction of sp³-hybridized carbons (Fsp3) is 0.455. The monoisotopic (exact) mass is 483 g/mol. The minimum Gasteiger partial charge on any atom is -0.484 e. The van der Waals surface area contributed by atoms with Gasteiger partial charge in [-0.15, -0.1) is 0 Å². The highest BCUT2D eigenvalue weighted by Gasteiger charge is 2.44. The van der Waals surface area contributed by atoms with Crippen molar-refractivity contribution in [1.82, 2.24) is 14.8 Å². The van der Waals surface area contributed by atoms with Crippen molar-refractivity contribution >= 4 is 40.7 Å². The van der Waals surface area contributed by atoms with E-state index in [2.05, 4.69) is 5.32 Å². The SMILES string of the molecule is Cc1ccccc1OCC(=O)NC(N1CC2C[C@@H](C1)Cn1c2cccc1=O)C(Cl)(Cl)Cl. The van der Waals surface area contributed by atoms with E-state index in [1.54, 1.807) is 18.2 Å². The summed E-state index contributed by atoms with van der Waals surface area (Å²) in [6, 6.07) is 12.8. The lowest BCUT2D eigenvalue weighted by Gasteiger charge is -2.47. The maximum absolute atomic E-state index is 12.6. The highest BCUT2D eigenvalue weighted by Crippen LogP contribution is 2.39. The quantitative estimate of drug-likeness (QED) is 0.660. The van der Waals surface area contributed by atoms with Gasteiger partial charge in [-0.3, -0.25) is 14.5 Å². The average Bonchev–Trinajstić information content (AvgIpc) is 2.71. The Morgan fingerprint density at radius 2 is 1.94 bits per heavy atom. The lowest BCUT2D eigenvalue weighted by atomic mass is 9.83. The molecule has 0 spiro atoms. The molecule has 2 unspecified atom stereocenters. The van der Waals surface area contributed by atoms with Crippen LogP contribution in [0.25, 0.3) is 0 Å². The van der Waals surface area contributed by atoms with Crippen LogP contribution in [0, 0.1) is 12.8 Å². The minimum absolute atomic E-state index is 0.0141. The van der Waals surface area contributed by atoms with E-state index in [4.69, 9.17) is 39.5 Å². The molecule has 1 aromatic carbocycles. The number of pyridine rings is 1. The summed E-state index contributed by atoms with van der Waals surface area (Å²) in [5, 5.41) is 2.84. The predicted octanol–water partition coefficient (Wildman–Crippen LogP) is 3.47. The summed E-state index contributed by atoms with van der Waals surface area (Å²) < 4.78 is 5.76. The van der Waals surface area contributed by atoms with E-state index in [-0.39, 0.29) is 29.9 Å². The minimum atomic E-state index is -1.72. The summed E-state index contributed by atoms with van der Waals surface area (Å²) in [5.74, 6) is 0.641. The Bertz CT molecular complexity index is 1020.